The van der Waals surface area contributed by atoms with Gasteiger partial charge in [0.15, 0.2) is 23.1 Å². The van der Waals surface area contributed by atoms with Gasteiger partial charge in [0.25, 0.3) is 0 Å². The fourth-order valence-electron chi connectivity index (χ4n) is 1.47. The van der Waals surface area contributed by atoms with Gasteiger partial charge in [-0.15, -0.1) is 0 Å². The summed E-state index contributed by atoms with van der Waals surface area (Å²) in [6, 6.07) is 9.75. The van der Waals surface area contributed by atoms with E-state index in [0.29, 0.717) is 0 Å². The molecule has 0 saturated carbocycles. The predicted octanol–water partition coefficient (Wildman–Crippen LogP) is 4.26. The largest absolute Gasteiger partial charge is 0.451 e. The maximum absolute atomic E-state index is 13.9. The normalized spacial score (nSPS) is 9.65. The minimum atomic E-state index is -0.798. The van der Waals surface area contributed by atoms with E-state index >= 15 is 0 Å². The average Bonchev–Trinajstić information content (AvgIpc) is 2.46. The molecule has 0 spiro atoms. The smallest absolute Gasteiger partial charge is 0.181 e. The van der Waals surface area contributed by atoms with Crippen molar-refractivity contribution in [2.75, 3.05) is 0 Å². The molecule has 0 aliphatic heterocycles. The Kier molecular flexibility index (Phi) is 3.97. The van der Waals surface area contributed by atoms with Crippen molar-refractivity contribution in [2.45, 2.75) is 0 Å². The van der Waals surface area contributed by atoms with Gasteiger partial charge in [0.1, 0.15) is 6.07 Å². The summed E-state index contributed by atoms with van der Waals surface area (Å²) >= 11 is 2.93. The van der Waals surface area contributed by atoms with Gasteiger partial charge in [-0.05, 0) is 46.3 Å². The van der Waals surface area contributed by atoms with Gasteiger partial charge in [0.05, 0.1) is 21.7 Å². The number of halogens is 3. The number of hydrogen-bond donors (Lipinski definition) is 0. The summed E-state index contributed by atoms with van der Waals surface area (Å²) in [6.07, 6.45) is 0. The Morgan fingerprint density at radius 3 is 2.30 bits per heavy atom. The number of rotatable bonds is 2. The van der Waals surface area contributed by atoms with Crippen LogP contribution in [0.2, 0.25) is 0 Å². The molecule has 0 fully saturated rings. The molecule has 20 heavy (non-hydrogen) atoms. The molecule has 98 valence electrons. The maximum Gasteiger partial charge on any atom is 0.181 e. The molecular formula is C14H5BrF2N2O. The number of ether oxygens (including phenoxy) is 1. The molecule has 6 heteroatoms. The molecule has 3 nitrogen and oxygen atoms in total. The highest BCUT2D eigenvalue weighted by Crippen LogP contribution is 2.32. The fourth-order valence-corrected chi connectivity index (χ4v) is 1.88. The number of nitriles is 2. The van der Waals surface area contributed by atoms with Crippen LogP contribution in [-0.2, 0) is 0 Å². The lowest BCUT2D eigenvalue weighted by Crippen LogP contribution is -1.94. The van der Waals surface area contributed by atoms with Crippen LogP contribution in [0, 0.1) is 34.3 Å². The maximum atomic E-state index is 13.9. The van der Waals surface area contributed by atoms with E-state index in [-0.39, 0.29) is 27.1 Å². The van der Waals surface area contributed by atoms with E-state index in [1.165, 1.54) is 24.3 Å². The Morgan fingerprint density at radius 2 is 1.70 bits per heavy atom. The van der Waals surface area contributed by atoms with Crippen LogP contribution in [0.4, 0.5) is 8.78 Å². The second kappa shape index (κ2) is 5.68. The molecule has 0 heterocycles. The van der Waals surface area contributed by atoms with Gasteiger partial charge in [-0.1, -0.05) is 0 Å². The van der Waals surface area contributed by atoms with Crippen molar-refractivity contribution in [1.29, 1.82) is 10.5 Å². The lowest BCUT2D eigenvalue weighted by Gasteiger charge is -2.09. The van der Waals surface area contributed by atoms with Crippen molar-refractivity contribution in [1.82, 2.24) is 0 Å². The van der Waals surface area contributed by atoms with Crippen LogP contribution in [0.1, 0.15) is 11.1 Å². The molecule has 0 N–H and O–H groups in total. The summed E-state index contributed by atoms with van der Waals surface area (Å²) < 4.78 is 32.6. The van der Waals surface area contributed by atoms with Crippen LogP contribution < -0.4 is 4.74 Å². The highest BCUT2D eigenvalue weighted by Gasteiger charge is 2.14. The minimum absolute atomic E-state index is 0.0495. The zero-order chi connectivity index (χ0) is 14.7. The molecule has 0 radical (unpaired) electrons. The van der Waals surface area contributed by atoms with E-state index in [0.717, 1.165) is 6.07 Å². The first-order valence-corrected chi connectivity index (χ1v) is 6.11. The molecule has 0 amide bonds. The van der Waals surface area contributed by atoms with E-state index in [4.69, 9.17) is 15.3 Å². The van der Waals surface area contributed by atoms with Crippen molar-refractivity contribution in [2.24, 2.45) is 0 Å². The first kappa shape index (κ1) is 14.0. The Hall–Kier alpha value is -2.44. The van der Waals surface area contributed by atoms with Crippen molar-refractivity contribution in [3.8, 4) is 23.6 Å². The van der Waals surface area contributed by atoms with Gasteiger partial charge < -0.3 is 4.74 Å². The topological polar surface area (TPSA) is 56.8 Å². The Morgan fingerprint density at radius 1 is 1.00 bits per heavy atom. The van der Waals surface area contributed by atoms with Crippen molar-refractivity contribution < 1.29 is 13.5 Å². The highest BCUT2D eigenvalue weighted by atomic mass is 79.9. The third-order valence-corrected chi connectivity index (χ3v) is 3.22. The van der Waals surface area contributed by atoms with Gasteiger partial charge in [-0.2, -0.15) is 10.5 Å². The zero-order valence-corrected chi connectivity index (χ0v) is 11.4. The van der Waals surface area contributed by atoms with Crippen molar-refractivity contribution >= 4 is 15.9 Å². The van der Waals surface area contributed by atoms with E-state index in [9.17, 15) is 8.78 Å². The number of nitrogens with zero attached hydrogens (tertiary/aromatic N) is 2. The van der Waals surface area contributed by atoms with Crippen LogP contribution in [0.5, 0.6) is 11.5 Å². The Balaban J connectivity index is 2.39. The number of hydrogen-bond acceptors (Lipinski definition) is 3. The molecule has 2 aromatic rings. The summed E-state index contributed by atoms with van der Waals surface area (Å²) in [5.41, 5.74) is 0.242. The number of benzene rings is 2. The predicted molar refractivity (Wildman–Crippen MR) is 70.0 cm³/mol. The molecule has 2 rings (SSSR count). The van der Waals surface area contributed by atoms with Crippen molar-refractivity contribution in [3.63, 3.8) is 0 Å². The summed E-state index contributed by atoms with van der Waals surface area (Å²) in [7, 11) is 0. The molecule has 0 aliphatic rings. The van der Waals surface area contributed by atoms with Crippen LogP contribution >= 0.6 is 15.9 Å². The molecule has 0 unspecified atom stereocenters. The van der Waals surface area contributed by atoms with Crippen LogP contribution in [0.25, 0.3) is 0 Å². The average molecular weight is 335 g/mol. The van der Waals surface area contributed by atoms with Gasteiger partial charge in [-0.25, -0.2) is 8.78 Å². The Bertz CT molecular complexity index is 763. The first-order chi connectivity index (χ1) is 9.56. The third-order valence-electron chi connectivity index (χ3n) is 2.45. The summed E-state index contributed by atoms with van der Waals surface area (Å²) in [6.45, 7) is 0. The van der Waals surface area contributed by atoms with Crippen LogP contribution in [-0.4, -0.2) is 0 Å². The molecule has 2 aromatic carbocycles. The summed E-state index contributed by atoms with van der Waals surface area (Å²) in [5.74, 6) is -2.00. The molecular weight excluding hydrogens is 330 g/mol. The highest BCUT2D eigenvalue weighted by molar-refractivity contribution is 9.10. The molecule has 0 atom stereocenters. The molecule has 0 bridgehead atoms. The van der Waals surface area contributed by atoms with E-state index in [1.54, 1.807) is 12.1 Å². The van der Waals surface area contributed by atoms with E-state index < -0.39 is 11.6 Å². The lowest BCUT2D eigenvalue weighted by molar-refractivity contribution is 0.413. The standard InChI is InChI=1S/C14H5BrF2N2O/c15-13-9(7-19)2-4-12(14(13)17)20-11-3-1-8(6-18)5-10(11)16/h1-5H. The monoisotopic (exact) mass is 334 g/mol. The minimum Gasteiger partial charge on any atom is -0.451 e. The third kappa shape index (κ3) is 2.61. The lowest BCUT2D eigenvalue weighted by atomic mass is 10.2. The molecule has 0 aliphatic carbocycles. The molecule has 0 aromatic heterocycles. The van der Waals surface area contributed by atoms with E-state index in [1.807, 2.05) is 0 Å². The van der Waals surface area contributed by atoms with Crippen LogP contribution in [0.15, 0.2) is 34.8 Å². The fraction of sp³-hybridized carbons (Fsp3) is 0. The zero-order valence-electron chi connectivity index (χ0n) is 9.82. The van der Waals surface area contributed by atoms with Gasteiger partial charge in [0, 0.05) is 0 Å². The first-order valence-electron chi connectivity index (χ1n) is 5.32. The second-order valence-electron chi connectivity index (χ2n) is 3.71. The Labute approximate surface area is 121 Å². The van der Waals surface area contributed by atoms with Gasteiger partial charge in [-0.3, -0.25) is 0 Å². The second-order valence-corrected chi connectivity index (χ2v) is 4.50. The SMILES string of the molecule is N#Cc1ccc(Oc2ccc(C#N)c(Br)c2F)c(F)c1. The quantitative estimate of drug-likeness (QED) is 0.824. The molecule has 0 saturated heterocycles. The van der Waals surface area contributed by atoms with Crippen LogP contribution in [0.3, 0.4) is 0 Å². The van der Waals surface area contributed by atoms with Gasteiger partial charge in [0.2, 0.25) is 0 Å². The van der Waals surface area contributed by atoms with E-state index in [2.05, 4.69) is 15.9 Å². The summed E-state index contributed by atoms with van der Waals surface area (Å²) in [5, 5.41) is 17.4. The summed E-state index contributed by atoms with van der Waals surface area (Å²) in [4.78, 5) is 0. The van der Waals surface area contributed by atoms with Gasteiger partial charge >= 0.3 is 0 Å². The van der Waals surface area contributed by atoms with Crippen molar-refractivity contribution in [3.05, 3.63) is 57.6 Å².